The molecule has 74 valence electrons. The average Bonchev–Trinajstić information content (AvgIpc) is 2.31. The van der Waals surface area contributed by atoms with E-state index in [2.05, 4.69) is 0 Å². The van der Waals surface area contributed by atoms with Gasteiger partial charge in [-0.25, -0.2) is 9.59 Å². The molecule has 0 aromatic carbocycles. The quantitative estimate of drug-likeness (QED) is 0.629. The molecular formula is C6H8O6S. The third-order valence-corrected chi connectivity index (χ3v) is 2.93. The zero-order chi connectivity index (χ0) is 10.3. The van der Waals surface area contributed by atoms with Gasteiger partial charge in [-0.05, 0) is 13.8 Å². The molecule has 6 nitrogen and oxygen atoms in total. The van der Waals surface area contributed by atoms with E-state index in [9.17, 15) is 9.59 Å². The SMILES string of the molecule is CC1(C(=O)O)OSOC1(C)C(=O)O. The first-order valence-corrected chi connectivity index (χ1v) is 4.01. The molecule has 7 heteroatoms. The summed E-state index contributed by atoms with van der Waals surface area (Å²) in [6.07, 6.45) is 0. The van der Waals surface area contributed by atoms with Crippen LogP contribution in [0.25, 0.3) is 0 Å². The third kappa shape index (κ3) is 1.19. The van der Waals surface area contributed by atoms with Crippen molar-refractivity contribution in [3.05, 3.63) is 0 Å². The molecule has 0 spiro atoms. The standard InChI is InChI=1S/C6H8O6S/c1-5(3(7)8)6(2,4(9)10)12-13-11-5/h1-2H3,(H,7,8)(H,9,10). The Hall–Kier alpha value is -0.790. The van der Waals surface area contributed by atoms with Gasteiger partial charge in [-0.3, -0.25) is 8.37 Å². The second kappa shape index (κ2) is 2.86. The zero-order valence-electron chi connectivity index (χ0n) is 6.94. The van der Waals surface area contributed by atoms with Gasteiger partial charge in [0.1, 0.15) is 0 Å². The van der Waals surface area contributed by atoms with Crippen LogP contribution in [0.3, 0.4) is 0 Å². The molecule has 0 saturated carbocycles. The first-order chi connectivity index (χ1) is 5.84. The highest BCUT2D eigenvalue weighted by atomic mass is 32.2. The van der Waals surface area contributed by atoms with Crippen LogP contribution in [-0.4, -0.2) is 33.4 Å². The summed E-state index contributed by atoms with van der Waals surface area (Å²) in [5.74, 6) is -2.75. The Morgan fingerprint density at radius 1 is 1.08 bits per heavy atom. The van der Waals surface area contributed by atoms with Crippen LogP contribution < -0.4 is 0 Å². The molecular weight excluding hydrogens is 200 g/mol. The van der Waals surface area contributed by atoms with E-state index in [4.69, 9.17) is 18.6 Å². The van der Waals surface area contributed by atoms with Gasteiger partial charge >= 0.3 is 11.9 Å². The Balaban J connectivity index is 3.11. The predicted molar refractivity (Wildman–Crippen MR) is 41.8 cm³/mol. The molecule has 0 radical (unpaired) electrons. The summed E-state index contributed by atoms with van der Waals surface area (Å²) >= 11 is 0.383. The van der Waals surface area contributed by atoms with Crippen LogP contribution in [0.2, 0.25) is 0 Å². The number of aliphatic carboxylic acids is 2. The van der Waals surface area contributed by atoms with Crippen LogP contribution in [0.15, 0.2) is 0 Å². The van der Waals surface area contributed by atoms with Gasteiger partial charge in [-0.15, -0.1) is 0 Å². The fourth-order valence-electron chi connectivity index (χ4n) is 0.792. The van der Waals surface area contributed by atoms with Gasteiger partial charge in [0.15, 0.2) is 12.3 Å². The van der Waals surface area contributed by atoms with Gasteiger partial charge in [0.2, 0.25) is 11.2 Å². The molecule has 0 aliphatic carbocycles. The molecule has 2 N–H and O–H groups in total. The maximum Gasteiger partial charge on any atom is 0.340 e. The Bertz CT molecular complexity index is 240. The van der Waals surface area contributed by atoms with E-state index in [1.165, 1.54) is 0 Å². The summed E-state index contributed by atoms with van der Waals surface area (Å²) < 4.78 is 9.39. The fourth-order valence-corrected chi connectivity index (χ4v) is 1.56. The van der Waals surface area contributed by atoms with Crippen molar-refractivity contribution < 1.29 is 28.2 Å². The number of carboxylic acid groups (broad SMARTS) is 2. The van der Waals surface area contributed by atoms with Crippen LogP contribution in [0.4, 0.5) is 0 Å². The maximum absolute atomic E-state index is 10.8. The van der Waals surface area contributed by atoms with Crippen LogP contribution >= 0.6 is 12.3 Å². The summed E-state index contributed by atoms with van der Waals surface area (Å²) in [7, 11) is 0. The van der Waals surface area contributed by atoms with Crippen LogP contribution in [0, 0.1) is 0 Å². The summed E-state index contributed by atoms with van der Waals surface area (Å²) in [5.41, 5.74) is -3.74. The van der Waals surface area contributed by atoms with Gasteiger partial charge in [0.05, 0.1) is 0 Å². The number of carboxylic acids is 2. The molecule has 2 atom stereocenters. The van der Waals surface area contributed by atoms with E-state index in [1.807, 2.05) is 0 Å². The van der Waals surface area contributed by atoms with Crippen molar-refractivity contribution >= 4 is 24.3 Å². The predicted octanol–water partition coefficient (Wildman–Crippen LogP) is 0.283. The lowest BCUT2D eigenvalue weighted by molar-refractivity contribution is -0.177. The molecule has 0 aromatic rings. The number of hydrogen-bond acceptors (Lipinski definition) is 5. The van der Waals surface area contributed by atoms with E-state index in [-0.39, 0.29) is 0 Å². The van der Waals surface area contributed by atoms with E-state index in [0.717, 1.165) is 13.8 Å². The van der Waals surface area contributed by atoms with E-state index in [0.29, 0.717) is 12.3 Å². The van der Waals surface area contributed by atoms with Crippen molar-refractivity contribution in [3.63, 3.8) is 0 Å². The smallest absolute Gasteiger partial charge is 0.340 e. The van der Waals surface area contributed by atoms with Gasteiger partial charge in [0.25, 0.3) is 0 Å². The highest BCUT2D eigenvalue weighted by molar-refractivity contribution is 7.90. The third-order valence-electron chi connectivity index (χ3n) is 2.13. The normalized spacial score (nSPS) is 38.9. The average molecular weight is 208 g/mol. The minimum Gasteiger partial charge on any atom is -0.479 e. The van der Waals surface area contributed by atoms with Crippen molar-refractivity contribution in [3.8, 4) is 0 Å². The van der Waals surface area contributed by atoms with Crippen LogP contribution in [0.5, 0.6) is 0 Å². The first-order valence-electron chi connectivity index (χ1n) is 3.35. The largest absolute Gasteiger partial charge is 0.479 e. The number of hydrogen-bond donors (Lipinski definition) is 2. The molecule has 1 heterocycles. The molecule has 1 rings (SSSR count). The molecule has 1 aliphatic heterocycles. The molecule has 0 amide bonds. The molecule has 13 heavy (non-hydrogen) atoms. The lowest BCUT2D eigenvalue weighted by Crippen LogP contribution is -2.57. The van der Waals surface area contributed by atoms with Crippen molar-refractivity contribution in [2.45, 2.75) is 25.0 Å². The number of rotatable bonds is 2. The van der Waals surface area contributed by atoms with Gasteiger partial charge < -0.3 is 10.2 Å². The maximum atomic E-state index is 10.8. The fraction of sp³-hybridized carbons (Fsp3) is 0.667. The topological polar surface area (TPSA) is 93.1 Å². The summed E-state index contributed by atoms with van der Waals surface area (Å²) in [6, 6.07) is 0. The second-order valence-corrected chi connectivity index (χ2v) is 3.38. The van der Waals surface area contributed by atoms with Crippen LogP contribution in [0.1, 0.15) is 13.8 Å². The Morgan fingerprint density at radius 2 is 1.38 bits per heavy atom. The summed E-state index contributed by atoms with van der Waals surface area (Å²) in [4.78, 5) is 21.5. The van der Waals surface area contributed by atoms with Crippen LogP contribution in [-0.2, 0) is 18.0 Å². The minimum atomic E-state index is -1.87. The monoisotopic (exact) mass is 208 g/mol. The lowest BCUT2D eigenvalue weighted by atomic mass is 9.86. The van der Waals surface area contributed by atoms with Crippen molar-refractivity contribution in [1.29, 1.82) is 0 Å². The van der Waals surface area contributed by atoms with Gasteiger partial charge in [-0.2, -0.15) is 0 Å². The van der Waals surface area contributed by atoms with Crippen molar-refractivity contribution in [1.82, 2.24) is 0 Å². The highest BCUT2D eigenvalue weighted by Crippen LogP contribution is 2.43. The minimum absolute atomic E-state index is 0.383. The molecule has 1 saturated heterocycles. The Morgan fingerprint density at radius 3 is 1.62 bits per heavy atom. The molecule has 1 aliphatic rings. The molecule has 2 unspecified atom stereocenters. The van der Waals surface area contributed by atoms with E-state index >= 15 is 0 Å². The Labute approximate surface area is 78.2 Å². The summed E-state index contributed by atoms with van der Waals surface area (Å²) in [6.45, 7) is 2.31. The first kappa shape index (κ1) is 10.3. The lowest BCUT2D eigenvalue weighted by Gasteiger charge is -2.27. The molecule has 1 fully saturated rings. The van der Waals surface area contributed by atoms with Crippen molar-refractivity contribution in [2.24, 2.45) is 0 Å². The zero-order valence-corrected chi connectivity index (χ0v) is 7.75. The molecule has 0 bridgehead atoms. The number of carbonyl (C=O) groups is 2. The second-order valence-electron chi connectivity index (χ2n) is 2.91. The Kier molecular flexibility index (Phi) is 2.27. The van der Waals surface area contributed by atoms with E-state index < -0.39 is 23.1 Å². The van der Waals surface area contributed by atoms with Crippen molar-refractivity contribution in [2.75, 3.05) is 0 Å². The van der Waals surface area contributed by atoms with Gasteiger partial charge in [0, 0.05) is 0 Å². The summed E-state index contributed by atoms with van der Waals surface area (Å²) in [5, 5.41) is 17.6. The van der Waals surface area contributed by atoms with Gasteiger partial charge in [-0.1, -0.05) is 0 Å². The van der Waals surface area contributed by atoms with E-state index in [1.54, 1.807) is 0 Å². The highest BCUT2D eigenvalue weighted by Gasteiger charge is 2.64. The molecule has 0 aromatic heterocycles.